The molecule has 1 rings (SSSR count). The number of rotatable bonds is 5. The summed E-state index contributed by atoms with van der Waals surface area (Å²) in [5, 5.41) is 16.8. The van der Waals surface area contributed by atoms with Gasteiger partial charge in [0.1, 0.15) is 0 Å². The topological polar surface area (TPSA) is 56.7 Å². The van der Waals surface area contributed by atoms with E-state index in [2.05, 4.69) is 35.7 Å². The molecule has 0 bridgehead atoms. The molecule has 1 aliphatic heterocycles. The van der Waals surface area contributed by atoms with Gasteiger partial charge in [-0.05, 0) is 32.3 Å². The van der Waals surface area contributed by atoms with E-state index in [1.807, 2.05) is 23.5 Å². The summed E-state index contributed by atoms with van der Waals surface area (Å²) in [6.45, 7) is 5.80. The average Bonchev–Trinajstić information content (AvgIpc) is 2.77. The molecule has 1 unspecified atom stereocenters. The molecule has 0 aromatic carbocycles. The van der Waals surface area contributed by atoms with Crippen LogP contribution in [0, 0.1) is 0 Å². The molecule has 18 heavy (non-hydrogen) atoms. The highest BCUT2D eigenvalue weighted by Crippen LogP contribution is 2.26. The molecule has 0 aromatic rings. The van der Waals surface area contributed by atoms with Crippen LogP contribution in [0.25, 0.3) is 0 Å². The summed E-state index contributed by atoms with van der Waals surface area (Å²) in [5.41, 5.74) is -0.572. The Morgan fingerprint density at radius 3 is 2.72 bits per heavy atom. The van der Waals surface area contributed by atoms with E-state index >= 15 is 0 Å². The fourth-order valence-corrected chi connectivity index (χ4v) is 3.09. The third kappa shape index (κ3) is 5.28. The number of hydrogen-bond donors (Lipinski definition) is 3. The van der Waals surface area contributed by atoms with Crippen molar-refractivity contribution in [2.75, 3.05) is 37.9 Å². The van der Waals surface area contributed by atoms with Crippen molar-refractivity contribution in [3.8, 4) is 0 Å². The second-order valence-electron chi connectivity index (χ2n) is 5.27. The predicted molar refractivity (Wildman–Crippen MR) is 83.9 cm³/mol. The summed E-state index contributed by atoms with van der Waals surface area (Å²) in [6, 6.07) is 0. The summed E-state index contributed by atoms with van der Waals surface area (Å²) in [5.74, 6) is 2.62. The van der Waals surface area contributed by atoms with E-state index in [1.165, 1.54) is 0 Å². The molecule has 6 heteroatoms. The molecule has 1 saturated heterocycles. The van der Waals surface area contributed by atoms with E-state index in [0.717, 1.165) is 30.4 Å². The van der Waals surface area contributed by atoms with Crippen molar-refractivity contribution in [3.05, 3.63) is 0 Å². The third-order valence-electron chi connectivity index (χ3n) is 3.13. The molecular weight excluding hydrogens is 266 g/mol. The molecule has 0 aliphatic carbocycles. The molecule has 0 aromatic heterocycles. The first-order valence-electron chi connectivity index (χ1n) is 6.21. The van der Waals surface area contributed by atoms with E-state index in [1.54, 1.807) is 7.05 Å². The fourth-order valence-electron chi connectivity index (χ4n) is 1.57. The predicted octanol–water partition coefficient (Wildman–Crippen LogP) is 1.16. The van der Waals surface area contributed by atoms with Gasteiger partial charge in [-0.1, -0.05) is 0 Å². The number of thioether (sulfide) groups is 2. The van der Waals surface area contributed by atoms with Crippen LogP contribution in [0.15, 0.2) is 4.99 Å². The number of nitrogens with zero attached hydrogens (tertiary/aromatic N) is 1. The molecule has 1 heterocycles. The Morgan fingerprint density at radius 2 is 2.22 bits per heavy atom. The Hall–Kier alpha value is -0.0700. The third-order valence-corrected chi connectivity index (χ3v) is 5.61. The van der Waals surface area contributed by atoms with Crippen LogP contribution >= 0.6 is 23.5 Å². The summed E-state index contributed by atoms with van der Waals surface area (Å²) in [6.07, 6.45) is 2.97. The minimum atomic E-state index is -0.572. The van der Waals surface area contributed by atoms with E-state index in [9.17, 15) is 5.11 Å². The molecule has 106 valence electrons. The van der Waals surface area contributed by atoms with Gasteiger partial charge in [-0.15, -0.1) is 0 Å². The van der Waals surface area contributed by atoms with E-state index in [-0.39, 0.29) is 4.75 Å². The van der Waals surface area contributed by atoms with Crippen molar-refractivity contribution < 1.29 is 5.11 Å². The minimum absolute atomic E-state index is 0.178. The van der Waals surface area contributed by atoms with Crippen LogP contribution in [-0.2, 0) is 0 Å². The first-order valence-corrected chi connectivity index (χ1v) is 8.58. The quantitative estimate of drug-likeness (QED) is 0.524. The van der Waals surface area contributed by atoms with Gasteiger partial charge in [-0.3, -0.25) is 4.99 Å². The fraction of sp³-hybridized carbons (Fsp3) is 0.917. The lowest BCUT2D eigenvalue weighted by Crippen LogP contribution is -2.49. The Labute approximate surface area is 119 Å². The number of aliphatic imine (C=N–C) groups is 1. The highest BCUT2D eigenvalue weighted by Gasteiger charge is 2.31. The molecule has 1 fully saturated rings. The van der Waals surface area contributed by atoms with Crippen molar-refractivity contribution in [1.29, 1.82) is 0 Å². The molecule has 0 radical (unpaired) electrons. The van der Waals surface area contributed by atoms with Gasteiger partial charge in [0.25, 0.3) is 0 Å². The molecular formula is C12H25N3OS2. The zero-order valence-corrected chi connectivity index (χ0v) is 13.4. The second kappa shape index (κ2) is 6.91. The van der Waals surface area contributed by atoms with Crippen molar-refractivity contribution >= 4 is 29.5 Å². The largest absolute Gasteiger partial charge is 0.387 e. The van der Waals surface area contributed by atoms with E-state index < -0.39 is 5.60 Å². The second-order valence-corrected chi connectivity index (χ2v) is 7.89. The molecule has 1 aliphatic rings. The van der Waals surface area contributed by atoms with Gasteiger partial charge in [-0.25, -0.2) is 0 Å². The van der Waals surface area contributed by atoms with Crippen LogP contribution in [0.1, 0.15) is 20.3 Å². The average molecular weight is 291 g/mol. The van der Waals surface area contributed by atoms with Crippen LogP contribution in [0.2, 0.25) is 0 Å². The standard InChI is InChI=1S/C12H25N3OS2/c1-11(2,17-4)7-14-10(13-3)15-8-12(16)5-6-18-9-12/h16H,5-9H2,1-4H3,(H2,13,14,15). The summed E-state index contributed by atoms with van der Waals surface area (Å²) >= 11 is 3.63. The van der Waals surface area contributed by atoms with Gasteiger partial charge in [-0.2, -0.15) is 23.5 Å². The van der Waals surface area contributed by atoms with Crippen LogP contribution in [0.4, 0.5) is 0 Å². The zero-order valence-electron chi connectivity index (χ0n) is 11.7. The van der Waals surface area contributed by atoms with Crippen LogP contribution < -0.4 is 10.6 Å². The summed E-state index contributed by atoms with van der Waals surface area (Å²) in [7, 11) is 1.76. The van der Waals surface area contributed by atoms with Crippen molar-refractivity contribution in [3.63, 3.8) is 0 Å². The van der Waals surface area contributed by atoms with Crippen LogP contribution in [0.5, 0.6) is 0 Å². The Balaban J connectivity index is 2.34. The van der Waals surface area contributed by atoms with Gasteiger partial charge in [0.15, 0.2) is 5.96 Å². The first-order chi connectivity index (χ1) is 8.41. The lowest BCUT2D eigenvalue weighted by molar-refractivity contribution is 0.0724. The van der Waals surface area contributed by atoms with Crippen LogP contribution in [-0.4, -0.2) is 59.3 Å². The van der Waals surface area contributed by atoms with Crippen LogP contribution in [0.3, 0.4) is 0 Å². The normalized spacial score (nSPS) is 25.3. The number of nitrogens with one attached hydrogen (secondary N) is 2. The maximum atomic E-state index is 10.2. The maximum Gasteiger partial charge on any atom is 0.191 e. The Bertz CT molecular complexity index is 289. The lowest BCUT2D eigenvalue weighted by atomic mass is 10.0. The molecule has 3 N–H and O–H groups in total. The number of hydrogen-bond acceptors (Lipinski definition) is 4. The van der Waals surface area contributed by atoms with Gasteiger partial charge < -0.3 is 15.7 Å². The van der Waals surface area contributed by atoms with Gasteiger partial charge in [0.2, 0.25) is 0 Å². The summed E-state index contributed by atoms with van der Waals surface area (Å²) < 4.78 is 0.178. The number of aliphatic hydroxyl groups is 1. The van der Waals surface area contributed by atoms with E-state index in [4.69, 9.17) is 0 Å². The van der Waals surface area contributed by atoms with Gasteiger partial charge in [0, 0.05) is 30.6 Å². The monoisotopic (exact) mass is 291 g/mol. The molecule has 0 saturated carbocycles. The van der Waals surface area contributed by atoms with Crippen molar-refractivity contribution in [2.24, 2.45) is 4.99 Å². The molecule has 0 spiro atoms. The highest BCUT2D eigenvalue weighted by atomic mass is 32.2. The minimum Gasteiger partial charge on any atom is -0.387 e. The van der Waals surface area contributed by atoms with Gasteiger partial charge in [0.05, 0.1) is 5.60 Å². The SMILES string of the molecule is CN=C(NCC1(O)CCSC1)NCC(C)(C)SC. The highest BCUT2D eigenvalue weighted by molar-refractivity contribution is 8.00. The Kier molecular flexibility index (Phi) is 6.14. The molecule has 1 atom stereocenters. The maximum absolute atomic E-state index is 10.2. The van der Waals surface area contributed by atoms with Crippen molar-refractivity contribution in [2.45, 2.75) is 30.6 Å². The van der Waals surface area contributed by atoms with E-state index in [0.29, 0.717) is 6.54 Å². The molecule has 0 amide bonds. The molecule has 4 nitrogen and oxygen atoms in total. The smallest absolute Gasteiger partial charge is 0.191 e. The first kappa shape index (κ1) is 16.0. The van der Waals surface area contributed by atoms with Gasteiger partial charge >= 0.3 is 0 Å². The Morgan fingerprint density at radius 1 is 1.50 bits per heavy atom. The zero-order chi connectivity index (χ0) is 13.6. The van der Waals surface area contributed by atoms with Crippen molar-refractivity contribution in [1.82, 2.24) is 10.6 Å². The number of guanidine groups is 1. The lowest BCUT2D eigenvalue weighted by Gasteiger charge is -2.26. The summed E-state index contributed by atoms with van der Waals surface area (Å²) in [4.78, 5) is 4.18.